The molecule has 0 bridgehead atoms. The fourth-order valence-electron chi connectivity index (χ4n) is 2.96. The van der Waals surface area contributed by atoms with Crippen molar-refractivity contribution in [1.82, 2.24) is 10.2 Å². The summed E-state index contributed by atoms with van der Waals surface area (Å²) in [5.41, 5.74) is 0.484. The summed E-state index contributed by atoms with van der Waals surface area (Å²) >= 11 is 13.7. The molecule has 1 fully saturated rings. The number of hydrogen-bond acceptors (Lipinski definition) is 4. The lowest BCUT2D eigenvalue weighted by Crippen LogP contribution is -2.44. The van der Waals surface area contributed by atoms with Gasteiger partial charge in [0.25, 0.3) is 0 Å². The van der Waals surface area contributed by atoms with Gasteiger partial charge in [0.1, 0.15) is 0 Å². The molecule has 26 heavy (non-hydrogen) atoms. The first-order valence-electron chi connectivity index (χ1n) is 8.32. The number of amides is 2. The molecule has 0 saturated carbocycles. The van der Waals surface area contributed by atoms with E-state index in [2.05, 4.69) is 10.6 Å². The van der Waals surface area contributed by atoms with Gasteiger partial charge in [-0.2, -0.15) is 0 Å². The molecule has 0 aliphatic carbocycles. The van der Waals surface area contributed by atoms with Gasteiger partial charge in [-0.3, -0.25) is 14.5 Å². The van der Waals surface area contributed by atoms with Crippen LogP contribution in [0.5, 0.6) is 0 Å². The molecule has 0 spiro atoms. The van der Waals surface area contributed by atoms with Crippen LogP contribution >= 0.6 is 34.5 Å². The Morgan fingerprint density at radius 3 is 2.88 bits per heavy atom. The highest BCUT2D eigenvalue weighted by atomic mass is 35.5. The zero-order valence-corrected chi connectivity index (χ0v) is 16.3. The molecule has 2 N–H and O–H groups in total. The molecule has 1 atom stereocenters. The van der Waals surface area contributed by atoms with Crippen LogP contribution in [0.25, 0.3) is 0 Å². The maximum atomic E-state index is 12.6. The zero-order valence-electron chi connectivity index (χ0n) is 14.0. The Kier molecular flexibility index (Phi) is 6.53. The largest absolute Gasteiger partial charge is 0.350 e. The minimum Gasteiger partial charge on any atom is -0.350 e. The normalized spacial score (nSPS) is 17.2. The first-order chi connectivity index (χ1) is 12.5. The number of likely N-dealkylation sites (tertiary alicyclic amines) is 1. The van der Waals surface area contributed by atoms with Gasteiger partial charge < -0.3 is 10.6 Å². The van der Waals surface area contributed by atoms with Crippen molar-refractivity contribution in [1.29, 1.82) is 0 Å². The summed E-state index contributed by atoms with van der Waals surface area (Å²) in [5.74, 6) is -0.253. The van der Waals surface area contributed by atoms with Crippen LogP contribution in [0.1, 0.15) is 17.7 Å². The number of thiophene rings is 1. The molecule has 1 aromatic carbocycles. The first kappa shape index (κ1) is 19.2. The molecular weight excluding hydrogens is 393 g/mol. The van der Waals surface area contributed by atoms with Gasteiger partial charge in [-0.1, -0.05) is 29.3 Å². The average molecular weight is 412 g/mol. The third-order valence-corrected chi connectivity index (χ3v) is 5.68. The van der Waals surface area contributed by atoms with Crippen molar-refractivity contribution in [3.63, 3.8) is 0 Å². The monoisotopic (exact) mass is 411 g/mol. The van der Waals surface area contributed by atoms with E-state index in [1.165, 1.54) is 0 Å². The SMILES string of the molecule is O=C(CN1CCCC1C(=O)Nc1cc(Cl)ccc1Cl)NCc1cccs1. The summed E-state index contributed by atoms with van der Waals surface area (Å²) < 4.78 is 0. The Morgan fingerprint density at radius 1 is 1.27 bits per heavy atom. The number of nitrogens with one attached hydrogen (secondary N) is 2. The Bertz CT molecular complexity index is 783. The van der Waals surface area contributed by atoms with Crippen molar-refractivity contribution >= 4 is 52.0 Å². The lowest BCUT2D eigenvalue weighted by Gasteiger charge is -2.23. The van der Waals surface area contributed by atoms with E-state index in [0.717, 1.165) is 11.3 Å². The van der Waals surface area contributed by atoms with E-state index >= 15 is 0 Å². The van der Waals surface area contributed by atoms with E-state index in [0.29, 0.717) is 35.2 Å². The topological polar surface area (TPSA) is 61.4 Å². The summed E-state index contributed by atoms with van der Waals surface area (Å²) in [6.07, 6.45) is 1.59. The van der Waals surface area contributed by atoms with Crippen molar-refractivity contribution < 1.29 is 9.59 Å². The Balaban J connectivity index is 1.56. The number of hydrogen-bond donors (Lipinski definition) is 2. The van der Waals surface area contributed by atoms with Crippen LogP contribution in [0.15, 0.2) is 35.7 Å². The second kappa shape index (κ2) is 8.86. The molecule has 1 saturated heterocycles. The van der Waals surface area contributed by atoms with E-state index < -0.39 is 0 Å². The molecule has 0 radical (unpaired) electrons. The molecule has 2 amide bonds. The van der Waals surface area contributed by atoms with Gasteiger partial charge in [-0.05, 0) is 49.0 Å². The van der Waals surface area contributed by atoms with Gasteiger partial charge in [0.05, 0.1) is 29.8 Å². The second-order valence-corrected chi connectivity index (χ2v) is 7.97. The number of carbonyl (C=O) groups excluding carboxylic acids is 2. The number of anilines is 1. The van der Waals surface area contributed by atoms with Crippen LogP contribution in [0.3, 0.4) is 0 Å². The maximum Gasteiger partial charge on any atom is 0.241 e. The van der Waals surface area contributed by atoms with E-state index in [-0.39, 0.29) is 24.4 Å². The molecule has 2 aromatic rings. The van der Waals surface area contributed by atoms with Gasteiger partial charge >= 0.3 is 0 Å². The molecule has 8 heteroatoms. The van der Waals surface area contributed by atoms with Gasteiger partial charge in [0.15, 0.2) is 0 Å². The van der Waals surface area contributed by atoms with Gasteiger partial charge in [0, 0.05) is 9.90 Å². The molecule has 1 aromatic heterocycles. The van der Waals surface area contributed by atoms with Crippen LogP contribution in [0.2, 0.25) is 10.0 Å². The van der Waals surface area contributed by atoms with Crippen molar-refractivity contribution in [2.45, 2.75) is 25.4 Å². The fourth-order valence-corrected chi connectivity index (χ4v) is 3.94. The predicted molar refractivity (Wildman–Crippen MR) is 106 cm³/mol. The van der Waals surface area contributed by atoms with Crippen molar-refractivity contribution in [3.05, 3.63) is 50.6 Å². The van der Waals surface area contributed by atoms with Crippen molar-refractivity contribution in [2.75, 3.05) is 18.4 Å². The van der Waals surface area contributed by atoms with Crippen molar-refractivity contribution in [3.8, 4) is 0 Å². The van der Waals surface area contributed by atoms with E-state index in [9.17, 15) is 9.59 Å². The van der Waals surface area contributed by atoms with E-state index in [4.69, 9.17) is 23.2 Å². The summed E-state index contributed by atoms with van der Waals surface area (Å²) in [6, 6.07) is 8.51. The summed E-state index contributed by atoms with van der Waals surface area (Å²) in [7, 11) is 0. The standard InChI is InChI=1S/C18H19Cl2N3O2S/c19-12-5-6-14(20)15(9-12)22-18(25)16-4-1-7-23(16)11-17(24)21-10-13-3-2-8-26-13/h2-3,5-6,8-9,16H,1,4,7,10-11H2,(H,21,24)(H,22,25). The summed E-state index contributed by atoms with van der Waals surface area (Å²) in [5, 5.41) is 8.63. The van der Waals surface area contributed by atoms with Gasteiger partial charge in [0.2, 0.25) is 11.8 Å². The molecule has 1 aliphatic heterocycles. The number of halogens is 2. The third-order valence-electron chi connectivity index (χ3n) is 4.24. The Labute approximate surface area is 166 Å². The molecule has 5 nitrogen and oxygen atoms in total. The summed E-state index contributed by atoms with van der Waals surface area (Å²) in [4.78, 5) is 27.8. The highest BCUT2D eigenvalue weighted by Gasteiger charge is 2.32. The number of benzene rings is 1. The second-order valence-electron chi connectivity index (χ2n) is 6.10. The summed E-state index contributed by atoms with van der Waals surface area (Å²) in [6.45, 7) is 1.43. The van der Waals surface area contributed by atoms with Crippen LogP contribution < -0.4 is 10.6 Å². The fraction of sp³-hybridized carbons (Fsp3) is 0.333. The van der Waals surface area contributed by atoms with Gasteiger partial charge in [-0.15, -0.1) is 11.3 Å². The maximum absolute atomic E-state index is 12.6. The smallest absolute Gasteiger partial charge is 0.241 e. The Morgan fingerprint density at radius 2 is 2.12 bits per heavy atom. The number of carbonyl (C=O) groups is 2. The van der Waals surface area contributed by atoms with E-state index in [1.54, 1.807) is 29.5 Å². The molecule has 1 aliphatic rings. The quantitative estimate of drug-likeness (QED) is 0.759. The molecule has 2 heterocycles. The third kappa shape index (κ3) is 4.98. The van der Waals surface area contributed by atoms with Gasteiger partial charge in [-0.25, -0.2) is 0 Å². The highest BCUT2D eigenvalue weighted by molar-refractivity contribution is 7.09. The van der Waals surface area contributed by atoms with Crippen LogP contribution in [-0.4, -0.2) is 35.8 Å². The predicted octanol–water partition coefficient (Wildman–Crippen LogP) is 3.77. The zero-order chi connectivity index (χ0) is 18.5. The minimum atomic E-state index is -0.350. The molecule has 138 valence electrons. The first-order valence-corrected chi connectivity index (χ1v) is 9.95. The highest BCUT2D eigenvalue weighted by Crippen LogP contribution is 2.27. The number of rotatable bonds is 6. The lowest BCUT2D eigenvalue weighted by molar-refractivity contribution is -0.124. The Hall–Kier alpha value is -1.60. The average Bonchev–Trinajstić information content (AvgIpc) is 3.28. The van der Waals surface area contributed by atoms with Crippen LogP contribution in [0.4, 0.5) is 5.69 Å². The minimum absolute atomic E-state index is 0.0844. The van der Waals surface area contributed by atoms with Crippen molar-refractivity contribution in [2.24, 2.45) is 0 Å². The van der Waals surface area contributed by atoms with E-state index in [1.807, 2.05) is 22.4 Å². The van der Waals surface area contributed by atoms with Crippen LogP contribution in [0, 0.1) is 0 Å². The number of nitrogens with zero attached hydrogens (tertiary/aromatic N) is 1. The molecule has 3 rings (SSSR count). The van der Waals surface area contributed by atoms with Crippen LogP contribution in [-0.2, 0) is 16.1 Å². The lowest BCUT2D eigenvalue weighted by atomic mass is 10.2. The molecular formula is C18H19Cl2N3O2S. The molecule has 1 unspecified atom stereocenters.